The lowest BCUT2D eigenvalue weighted by atomic mass is 10.3. The molecule has 0 aromatic carbocycles. The molecule has 1 saturated heterocycles. The lowest BCUT2D eigenvalue weighted by molar-refractivity contribution is 0.406. The molecule has 0 saturated carbocycles. The van der Waals surface area contributed by atoms with Gasteiger partial charge in [-0.3, -0.25) is 4.68 Å². The van der Waals surface area contributed by atoms with Gasteiger partial charge in [0.1, 0.15) is 0 Å². The summed E-state index contributed by atoms with van der Waals surface area (Å²) in [5, 5.41) is 7.74. The van der Waals surface area contributed by atoms with Gasteiger partial charge >= 0.3 is 0 Å². The topological polar surface area (TPSA) is 43.2 Å². The standard InChI is InChI=1S/C6H9N3O/c1-9-3-5(7-8-9)2-6-4-10-6/h3,6H,2,4H2,1H3. The molecule has 0 radical (unpaired) electrons. The van der Waals surface area contributed by atoms with Gasteiger partial charge < -0.3 is 4.74 Å². The molecule has 1 aliphatic heterocycles. The third kappa shape index (κ3) is 1.16. The molecule has 1 aliphatic rings. The fraction of sp³-hybridized carbons (Fsp3) is 0.667. The molecular weight excluding hydrogens is 130 g/mol. The molecule has 1 fully saturated rings. The third-order valence-corrected chi connectivity index (χ3v) is 1.49. The van der Waals surface area contributed by atoms with Gasteiger partial charge in [-0.1, -0.05) is 5.21 Å². The molecule has 54 valence electrons. The molecular formula is C6H9N3O. The average Bonchev–Trinajstić information content (AvgIpc) is 2.59. The number of aryl methyl sites for hydroxylation is 1. The first-order chi connectivity index (χ1) is 4.84. The molecule has 1 atom stereocenters. The Bertz CT molecular complexity index is 229. The Labute approximate surface area is 58.8 Å². The Balaban J connectivity index is 2.03. The van der Waals surface area contributed by atoms with Crippen molar-refractivity contribution in [1.82, 2.24) is 15.0 Å². The number of nitrogens with zero attached hydrogens (tertiary/aromatic N) is 3. The van der Waals surface area contributed by atoms with Crippen LogP contribution in [0.2, 0.25) is 0 Å². The van der Waals surface area contributed by atoms with E-state index in [0.29, 0.717) is 6.10 Å². The second-order valence-electron chi connectivity index (χ2n) is 2.54. The van der Waals surface area contributed by atoms with Crippen LogP contribution in [0, 0.1) is 0 Å². The fourth-order valence-corrected chi connectivity index (χ4v) is 0.908. The summed E-state index contributed by atoms with van der Waals surface area (Å²) in [6.07, 6.45) is 3.24. The molecule has 4 heteroatoms. The quantitative estimate of drug-likeness (QED) is 0.531. The summed E-state index contributed by atoms with van der Waals surface area (Å²) in [5.41, 5.74) is 1.02. The van der Waals surface area contributed by atoms with Crippen LogP contribution in [0.25, 0.3) is 0 Å². The predicted molar refractivity (Wildman–Crippen MR) is 34.4 cm³/mol. The summed E-state index contributed by atoms with van der Waals surface area (Å²) in [5.74, 6) is 0. The van der Waals surface area contributed by atoms with Crippen LogP contribution in [-0.2, 0) is 18.2 Å². The van der Waals surface area contributed by atoms with E-state index in [4.69, 9.17) is 4.74 Å². The molecule has 0 spiro atoms. The van der Waals surface area contributed by atoms with Gasteiger partial charge in [0, 0.05) is 19.7 Å². The highest BCUT2D eigenvalue weighted by Gasteiger charge is 2.23. The van der Waals surface area contributed by atoms with Crippen molar-refractivity contribution in [3.63, 3.8) is 0 Å². The van der Waals surface area contributed by atoms with E-state index >= 15 is 0 Å². The van der Waals surface area contributed by atoms with Gasteiger partial charge in [-0.25, -0.2) is 0 Å². The number of rotatable bonds is 2. The van der Waals surface area contributed by atoms with Crippen LogP contribution >= 0.6 is 0 Å². The molecule has 10 heavy (non-hydrogen) atoms. The molecule has 2 heterocycles. The summed E-state index contributed by atoms with van der Waals surface area (Å²) >= 11 is 0. The number of aromatic nitrogens is 3. The summed E-state index contributed by atoms with van der Waals surface area (Å²) in [6, 6.07) is 0. The number of hydrogen-bond donors (Lipinski definition) is 0. The zero-order valence-corrected chi connectivity index (χ0v) is 5.82. The van der Waals surface area contributed by atoms with Gasteiger partial charge in [0.25, 0.3) is 0 Å². The van der Waals surface area contributed by atoms with Crippen molar-refractivity contribution >= 4 is 0 Å². The van der Waals surface area contributed by atoms with Crippen LogP contribution in [-0.4, -0.2) is 27.7 Å². The highest BCUT2D eigenvalue weighted by Crippen LogP contribution is 2.13. The first-order valence-corrected chi connectivity index (χ1v) is 3.31. The summed E-state index contributed by atoms with van der Waals surface area (Å²) in [6.45, 7) is 0.885. The largest absolute Gasteiger partial charge is 0.373 e. The second kappa shape index (κ2) is 2.05. The third-order valence-electron chi connectivity index (χ3n) is 1.49. The molecule has 0 amide bonds. The molecule has 4 nitrogen and oxygen atoms in total. The van der Waals surface area contributed by atoms with Crippen LogP contribution in [0.3, 0.4) is 0 Å². The lowest BCUT2D eigenvalue weighted by Gasteiger charge is -1.84. The Morgan fingerprint density at radius 3 is 3.20 bits per heavy atom. The average molecular weight is 139 g/mol. The first-order valence-electron chi connectivity index (χ1n) is 3.31. The number of epoxide rings is 1. The van der Waals surface area contributed by atoms with E-state index in [1.165, 1.54) is 0 Å². The highest BCUT2D eigenvalue weighted by molar-refractivity contribution is 4.96. The van der Waals surface area contributed by atoms with E-state index in [2.05, 4.69) is 10.3 Å². The van der Waals surface area contributed by atoms with E-state index in [1.807, 2.05) is 13.2 Å². The van der Waals surface area contributed by atoms with Gasteiger partial charge in [0.15, 0.2) is 0 Å². The van der Waals surface area contributed by atoms with Crippen LogP contribution in [0.5, 0.6) is 0 Å². The van der Waals surface area contributed by atoms with E-state index in [-0.39, 0.29) is 0 Å². The van der Waals surface area contributed by atoms with Crippen LogP contribution in [0.4, 0.5) is 0 Å². The van der Waals surface area contributed by atoms with Crippen LogP contribution in [0.15, 0.2) is 6.20 Å². The summed E-state index contributed by atoms with van der Waals surface area (Å²) in [7, 11) is 1.87. The molecule has 2 rings (SSSR count). The van der Waals surface area contributed by atoms with Crippen molar-refractivity contribution in [2.75, 3.05) is 6.61 Å². The second-order valence-corrected chi connectivity index (χ2v) is 2.54. The monoisotopic (exact) mass is 139 g/mol. The van der Waals surface area contributed by atoms with E-state index in [9.17, 15) is 0 Å². The molecule has 0 bridgehead atoms. The molecule has 1 aromatic rings. The van der Waals surface area contributed by atoms with Gasteiger partial charge in [-0.2, -0.15) is 0 Å². The minimum absolute atomic E-state index is 0.414. The normalized spacial score (nSPS) is 23.1. The summed E-state index contributed by atoms with van der Waals surface area (Å²) < 4.78 is 6.75. The van der Waals surface area contributed by atoms with Gasteiger partial charge in [-0.05, 0) is 0 Å². The van der Waals surface area contributed by atoms with Crippen molar-refractivity contribution in [1.29, 1.82) is 0 Å². The van der Waals surface area contributed by atoms with Crippen molar-refractivity contribution in [3.05, 3.63) is 11.9 Å². The Hall–Kier alpha value is -0.900. The maximum absolute atomic E-state index is 5.04. The number of hydrogen-bond acceptors (Lipinski definition) is 3. The fourth-order valence-electron chi connectivity index (χ4n) is 0.908. The van der Waals surface area contributed by atoms with Gasteiger partial charge in [0.2, 0.25) is 0 Å². The molecule has 0 N–H and O–H groups in total. The van der Waals surface area contributed by atoms with Gasteiger partial charge in [-0.15, -0.1) is 5.10 Å². The maximum atomic E-state index is 5.04. The van der Waals surface area contributed by atoms with Crippen molar-refractivity contribution < 1.29 is 4.74 Å². The zero-order chi connectivity index (χ0) is 6.97. The SMILES string of the molecule is Cn1cc(CC2CO2)nn1. The number of ether oxygens (including phenoxy) is 1. The van der Waals surface area contributed by atoms with Crippen molar-refractivity contribution in [2.24, 2.45) is 7.05 Å². The van der Waals surface area contributed by atoms with E-state index in [0.717, 1.165) is 18.7 Å². The van der Waals surface area contributed by atoms with Crippen LogP contribution in [0.1, 0.15) is 5.69 Å². The Morgan fingerprint density at radius 2 is 2.70 bits per heavy atom. The van der Waals surface area contributed by atoms with E-state index in [1.54, 1.807) is 4.68 Å². The Kier molecular flexibility index (Phi) is 1.20. The maximum Gasteiger partial charge on any atom is 0.0866 e. The predicted octanol–water partition coefficient (Wildman–Crippen LogP) is -0.244. The van der Waals surface area contributed by atoms with Gasteiger partial charge in [0.05, 0.1) is 18.4 Å². The van der Waals surface area contributed by atoms with Crippen molar-refractivity contribution in [3.8, 4) is 0 Å². The molecule has 1 aromatic heterocycles. The minimum atomic E-state index is 0.414. The molecule has 0 aliphatic carbocycles. The first kappa shape index (κ1) is 5.85. The minimum Gasteiger partial charge on any atom is -0.373 e. The lowest BCUT2D eigenvalue weighted by Crippen LogP contribution is -1.92. The summed E-state index contributed by atoms with van der Waals surface area (Å²) in [4.78, 5) is 0. The zero-order valence-electron chi connectivity index (χ0n) is 5.82. The Morgan fingerprint density at radius 1 is 1.90 bits per heavy atom. The van der Waals surface area contributed by atoms with Crippen LogP contribution < -0.4 is 0 Å². The van der Waals surface area contributed by atoms with Crippen molar-refractivity contribution in [2.45, 2.75) is 12.5 Å². The molecule has 1 unspecified atom stereocenters. The smallest absolute Gasteiger partial charge is 0.0866 e. The van der Waals surface area contributed by atoms with E-state index < -0.39 is 0 Å². The highest BCUT2D eigenvalue weighted by atomic mass is 16.6.